The van der Waals surface area contributed by atoms with Crippen LogP contribution in [0.15, 0.2) is 76.7 Å². The molecule has 0 aliphatic rings. The van der Waals surface area contributed by atoms with E-state index in [1.165, 1.54) is 60.8 Å². The molecule has 0 radical (unpaired) electrons. The van der Waals surface area contributed by atoms with Gasteiger partial charge in [-0.3, -0.25) is 4.79 Å². The molecule has 3 rings (SSSR count). The minimum Gasteiger partial charge on any atom is -0.504 e. The molecule has 0 fully saturated rings. The van der Waals surface area contributed by atoms with E-state index in [9.17, 15) is 22.7 Å². The summed E-state index contributed by atoms with van der Waals surface area (Å²) in [6, 6.07) is 15.7. The molecule has 8 nitrogen and oxygen atoms in total. The van der Waals surface area contributed by atoms with E-state index in [1.807, 2.05) is 0 Å². The Bertz CT molecular complexity index is 1320. The Balaban J connectivity index is 1.78. The number of benzene rings is 3. The average molecular weight is 520 g/mol. The highest BCUT2D eigenvalue weighted by Crippen LogP contribution is 2.26. The number of halogens is 2. The number of nitrogens with zero attached hydrogens (tertiary/aromatic N) is 2. The lowest BCUT2D eigenvalue weighted by Gasteiger charge is -2.21. The molecular weight excluding hydrogens is 497 g/mol. The van der Waals surface area contributed by atoms with Crippen LogP contribution in [0.5, 0.6) is 11.5 Å². The monoisotopic (exact) mass is 519 g/mol. The van der Waals surface area contributed by atoms with Gasteiger partial charge in [0, 0.05) is 17.1 Å². The lowest BCUT2D eigenvalue weighted by atomic mass is 10.2. The molecule has 0 unspecified atom stereocenters. The predicted octanol–water partition coefficient (Wildman–Crippen LogP) is 3.92. The molecule has 3 aromatic rings. The molecule has 0 aromatic heterocycles. The summed E-state index contributed by atoms with van der Waals surface area (Å²) in [7, 11) is -4.17. The maximum absolute atomic E-state index is 14.2. The van der Waals surface area contributed by atoms with E-state index in [0.29, 0.717) is 17.2 Å². The van der Waals surface area contributed by atoms with Crippen LogP contribution in [0.25, 0.3) is 0 Å². The number of rotatable bonds is 10. The molecule has 0 aliphatic carbocycles. The van der Waals surface area contributed by atoms with Crippen LogP contribution in [0.1, 0.15) is 18.1 Å². The highest BCUT2D eigenvalue weighted by Gasteiger charge is 2.27. The number of ether oxygens (including phenoxy) is 1. The molecule has 0 bridgehead atoms. The van der Waals surface area contributed by atoms with Crippen molar-refractivity contribution in [3.63, 3.8) is 0 Å². The topological polar surface area (TPSA) is 108 Å². The molecule has 11 heteroatoms. The summed E-state index contributed by atoms with van der Waals surface area (Å²) in [4.78, 5) is 12.5. The van der Waals surface area contributed by atoms with Gasteiger partial charge in [-0.15, -0.1) is 0 Å². The molecule has 0 saturated carbocycles. The fourth-order valence-electron chi connectivity index (χ4n) is 3.05. The van der Waals surface area contributed by atoms with Crippen molar-refractivity contribution >= 4 is 33.7 Å². The van der Waals surface area contributed by atoms with Crippen molar-refractivity contribution in [3.05, 3.63) is 88.7 Å². The molecule has 184 valence electrons. The normalized spacial score (nSPS) is 11.7. The Labute approximate surface area is 207 Å². The highest BCUT2D eigenvalue weighted by molar-refractivity contribution is 7.89. The van der Waals surface area contributed by atoms with E-state index in [2.05, 4.69) is 10.5 Å². The Morgan fingerprint density at radius 1 is 1.17 bits per heavy atom. The van der Waals surface area contributed by atoms with Gasteiger partial charge < -0.3 is 9.84 Å². The average Bonchev–Trinajstić information content (AvgIpc) is 2.82. The number of aromatic hydroxyl groups is 1. The number of hydrogen-bond donors (Lipinski definition) is 2. The van der Waals surface area contributed by atoms with Gasteiger partial charge in [-0.2, -0.15) is 9.41 Å². The summed E-state index contributed by atoms with van der Waals surface area (Å²) in [5.74, 6) is -1.12. The summed E-state index contributed by atoms with van der Waals surface area (Å²) >= 11 is 5.86. The number of nitrogens with one attached hydrogen (secondary N) is 1. The molecule has 3 aromatic carbocycles. The zero-order valence-electron chi connectivity index (χ0n) is 18.7. The largest absolute Gasteiger partial charge is 0.504 e. The fourth-order valence-corrected chi connectivity index (χ4v) is 4.55. The first-order chi connectivity index (χ1) is 16.7. The number of hydrogen-bond acceptors (Lipinski definition) is 6. The third-order valence-corrected chi connectivity index (χ3v) is 6.82. The summed E-state index contributed by atoms with van der Waals surface area (Å²) in [6.45, 7) is 1.14. The molecular formula is C24H23ClFN3O5S. The van der Waals surface area contributed by atoms with Crippen LogP contribution >= 0.6 is 11.6 Å². The molecule has 1 amide bonds. The smallest absolute Gasteiger partial charge is 0.255 e. The van der Waals surface area contributed by atoms with E-state index in [-0.39, 0.29) is 28.5 Å². The van der Waals surface area contributed by atoms with Crippen LogP contribution in [0, 0.1) is 5.82 Å². The number of carbonyl (C=O) groups is 1. The van der Waals surface area contributed by atoms with Crippen LogP contribution in [0.2, 0.25) is 5.02 Å². The third kappa shape index (κ3) is 7.01. The number of carbonyl (C=O) groups excluding carboxylic acids is 1. The minimum atomic E-state index is -4.17. The van der Waals surface area contributed by atoms with E-state index >= 15 is 0 Å². The summed E-state index contributed by atoms with van der Waals surface area (Å²) in [5.41, 5.74) is 2.90. The first-order valence-electron chi connectivity index (χ1n) is 10.5. The first-order valence-corrected chi connectivity index (χ1v) is 12.3. The van der Waals surface area contributed by atoms with Crippen molar-refractivity contribution in [1.82, 2.24) is 9.73 Å². The quantitative estimate of drug-likeness (QED) is 0.312. The van der Waals surface area contributed by atoms with Crippen LogP contribution in [-0.2, 0) is 21.4 Å². The van der Waals surface area contributed by atoms with E-state index < -0.39 is 28.3 Å². The third-order valence-electron chi connectivity index (χ3n) is 4.76. The highest BCUT2D eigenvalue weighted by atomic mass is 35.5. The Morgan fingerprint density at radius 2 is 1.89 bits per heavy atom. The second-order valence-electron chi connectivity index (χ2n) is 7.27. The standard InChI is InChI=1S/C24H23ClFN3O5S/c1-2-34-23-13-17(7-12-22(23)30)14-27-28-24(31)16-29(15-18-5-3-4-6-21(18)26)35(32,33)20-10-8-19(25)9-11-20/h3-14,30H,2,15-16H2,1H3,(H,28,31)/b27-14-. The van der Waals surface area contributed by atoms with Gasteiger partial charge in [0.25, 0.3) is 5.91 Å². The van der Waals surface area contributed by atoms with Crippen LogP contribution < -0.4 is 10.2 Å². The molecule has 0 saturated heterocycles. The SMILES string of the molecule is CCOc1cc(/C=N\NC(=O)CN(Cc2ccccc2F)S(=O)(=O)c2ccc(Cl)cc2)ccc1O. The number of sulfonamides is 1. The van der Waals surface area contributed by atoms with Crippen LogP contribution in [0.3, 0.4) is 0 Å². The molecule has 2 N–H and O–H groups in total. The van der Waals surface area contributed by atoms with Gasteiger partial charge in [0.05, 0.1) is 24.3 Å². The van der Waals surface area contributed by atoms with Gasteiger partial charge in [0.1, 0.15) is 5.82 Å². The van der Waals surface area contributed by atoms with Crippen LogP contribution in [0.4, 0.5) is 4.39 Å². The lowest BCUT2D eigenvalue weighted by Crippen LogP contribution is -2.39. The van der Waals surface area contributed by atoms with Gasteiger partial charge in [0.2, 0.25) is 10.0 Å². The molecule has 0 spiro atoms. The van der Waals surface area contributed by atoms with Gasteiger partial charge in [-0.1, -0.05) is 29.8 Å². The van der Waals surface area contributed by atoms with Crippen molar-refractivity contribution in [1.29, 1.82) is 0 Å². The predicted molar refractivity (Wildman–Crippen MR) is 130 cm³/mol. The molecule has 35 heavy (non-hydrogen) atoms. The van der Waals surface area contributed by atoms with Crippen molar-refractivity contribution < 1.29 is 27.4 Å². The van der Waals surface area contributed by atoms with Crippen molar-refractivity contribution in [2.45, 2.75) is 18.4 Å². The first kappa shape index (κ1) is 26.1. The lowest BCUT2D eigenvalue weighted by molar-refractivity contribution is -0.121. The van der Waals surface area contributed by atoms with E-state index in [4.69, 9.17) is 16.3 Å². The molecule has 0 aliphatic heterocycles. The van der Waals surface area contributed by atoms with Crippen molar-refractivity contribution in [2.24, 2.45) is 5.10 Å². The zero-order valence-corrected chi connectivity index (χ0v) is 20.3. The summed E-state index contributed by atoms with van der Waals surface area (Å²) in [6.07, 6.45) is 1.31. The number of hydrazone groups is 1. The Hall–Kier alpha value is -3.47. The van der Waals surface area contributed by atoms with Gasteiger partial charge >= 0.3 is 0 Å². The van der Waals surface area contributed by atoms with Gasteiger partial charge in [0.15, 0.2) is 11.5 Å². The maximum Gasteiger partial charge on any atom is 0.255 e. The van der Waals surface area contributed by atoms with E-state index in [1.54, 1.807) is 19.1 Å². The number of amides is 1. The van der Waals surface area contributed by atoms with Crippen molar-refractivity contribution in [3.8, 4) is 11.5 Å². The zero-order chi connectivity index (χ0) is 25.4. The van der Waals surface area contributed by atoms with Gasteiger partial charge in [-0.05, 0) is 61.0 Å². The van der Waals surface area contributed by atoms with E-state index in [0.717, 1.165) is 4.31 Å². The molecule has 0 atom stereocenters. The summed E-state index contributed by atoms with van der Waals surface area (Å²) in [5, 5.41) is 14.0. The Kier molecular flexibility index (Phi) is 8.80. The second kappa shape index (κ2) is 11.8. The van der Waals surface area contributed by atoms with Gasteiger partial charge in [-0.25, -0.2) is 18.2 Å². The molecule has 0 heterocycles. The fraction of sp³-hybridized carbons (Fsp3) is 0.167. The Morgan fingerprint density at radius 3 is 2.57 bits per heavy atom. The maximum atomic E-state index is 14.2. The summed E-state index contributed by atoms with van der Waals surface area (Å²) < 4.78 is 46.9. The minimum absolute atomic E-state index is 0.0378. The van der Waals surface area contributed by atoms with Crippen molar-refractivity contribution in [2.75, 3.05) is 13.2 Å². The number of phenolic OH excluding ortho intramolecular Hbond substituents is 1. The van der Waals surface area contributed by atoms with Crippen LogP contribution in [-0.4, -0.2) is 43.1 Å². The number of phenols is 1. The second-order valence-corrected chi connectivity index (χ2v) is 9.65.